The first-order valence-electron chi connectivity index (χ1n) is 5.23. The molecule has 0 bridgehead atoms. The maximum Gasteiger partial charge on any atom is 0.433 e. The van der Waals surface area contributed by atoms with Crippen LogP contribution < -0.4 is 10.5 Å². The van der Waals surface area contributed by atoms with Crippen LogP contribution >= 0.6 is 27.5 Å². The summed E-state index contributed by atoms with van der Waals surface area (Å²) in [5.41, 5.74) is 4.49. The number of halogens is 5. The normalized spacial score (nSPS) is 11.4. The number of nitrogens with two attached hydrogens (primary N) is 1. The summed E-state index contributed by atoms with van der Waals surface area (Å²) in [4.78, 5) is 3.23. The van der Waals surface area contributed by atoms with E-state index in [1.54, 1.807) is 12.1 Å². The summed E-state index contributed by atoms with van der Waals surface area (Å²) >= 11 is 8.97. The van der Waals surface area contributed by atoms with E-state index in [1.165, 1.54) is 6.07 Å². The highest BCUT2D eigenvalue weighted by atomic mass is 79.9. The van der Waals surface area contributed by atoms with Crippen LogP contribution in [0, 0.1) is 0 Å². The molecule has 3 nitrogen and oxygen atoms in total. The van der Waals surface area contributed by atoms with E-state index >= 15 is 0 Å². The average Bonchev–Trinajstić information content (AvgIpc) is 2.33. The topological polar surface area (TPSA) is 48.1 Å². The summed E-state index contributed by atoms with van der Waals surface area (Å²) in [5, 5.41) is 0.461. The molecule has 0 saturated heterocycles. The van der Waals surface area contributed by atoms with Crippen LogP contribution in [0.25, 0.3) is 0 Å². The van der Waals surface area contributed by atoms with Gasteiger partial charge in [-0.05, 0) is 34.1 Å². The zero-order valence-corrected chi connectivity index (χ0v) is 12.1. The van der Waals surface area contributed by atoms with Gasteiger partial charge in [0.15, 0.2) is 5.75 Å². The molecular formula is C12H7BrClF3N2O. The van der Waals surface area contributed by atoms with Crippen molar-refractivity contribution in [3.63, 3.8) is 0 Å². The molecule has 0 amide bonds. The molecule has 0 atom stereocenters. The van der Waals surface area contributed by atoms with Crippen LogP contribution in [0.4, 0.5) is 18.9 Å². The predicted octanol–water partition coefficient (Wildman–Crippen LogP) is 4.89. The van der Waals surface area contributed by atoms with E-state index in [9.17, 15) is 13.2 Å². The molecule has 2 N–H and O–H groups in total. The Bertz CT molecular complexity index is 649. The molecule has 0 aliphatic rings. The number of nitrogens with zero attached hydrogens (tertiary/aromatic N) is 1. The summed E-state index contributed by atoms with van der Waals surface area (Å²) in [5.74, 6) is 0.163. The minimum absolute atomic E-state index is 0.000139. The summed E-state index contributed by atoms with van der Waals surface area (Å²) in [6.45, 7) is 0. The molecule has 0 unspecified atom stereocenters. The van der Waals surface area contributed by atoms with Gasteiger partial charge in [-0.2, -0.15) is 13.2 Å². The second kappa shape index (κ2) is 5.49. The van der Waals surface area contributed by atoms with Crippen molar-refractivity contribution in [1.82, 2.24) is 4.98 Å². The highest BCUT2D eigenvalue weighted by Gasteiger charge is 2.33. The Morgan fingerprint density at radius 1 is 1.20 bits per heavy atom. The Labute approximate surface area is 125 Å². The molecule has 1 aromatic heterocycles. The molecule has 0 spiro atoms. The average molecular weight is 368 g/mol. The SMILES string of the molecule is Nc1cnc(C(F)(F)F)cc1Oc1ccc(Cl)cc1Br. The zero-order chi connectivity index (χ0) is 14.9. The summed E-state index contributed by atoms with van der Waals surface area (Å²) in [6.07, 6.45) is -3.66. The lowest BCUT2D eigenvalue weighted by molar-refractivity contribution is -0.141. The Balaban J connectivity index is 2.38. The van der Waals surface area contributed by atoms with Crippen LogP contribution in [0.15, 0.2) is 34.9 Å². The van der Waals surface area contributed by atoms with Crippen molar-refractivity contribution >= 4 is 33.2 Å². The maximum absolute atomic E-state index is 12.6. The molecular weight excluding hydrogens is 360 g/mol. The van der Waals surface area contributed by atoms with E-state index in [-0.39, 0.29) is 11.4 Å². The lowest BCUT2D eigenvalue weighted by Crippen LogP contribution is -2.08. The number of anilines is 1. The number of alkyl halides is 3. The minimum Gasteiger partial charge on any atom is -0.454 e. The Morgan fingerprint density at radius 2 is 1.90 bits per heavy atom. The van der Waals surface area contributed by atoms with Gasteiger partial charge in [-0.25, -0.2) is 4.98 Å². The second-order valence-corrected chi connectivity index (χ2v) is 5.07. The van der Waals surface area contributed by atoms with Crippen molar-refractivity contribution in [3.8, 4) is 11.5 Å². The van der Waals surface area contributed by atoms with E-state index in [0.29, 0.717) is 15.2 Å². The van der Waals surface area contributed by atoms with Crippen molar-refractivity contribution in [2.45, 2.75) is 6.18 Å². The molecule has 0 aliphatic heterocycles. The molecule has 2 aromatic rings. The fourth-order valence-electron chi connectivity index (χ4n) is 1.37. The number of aromatic nitrogens is 1. The summed E-state index contributed by atoms with van der Waals surface area (Å²) < 4.78 is 43.6. The first-order chi connectivity index (χ1) is 9.27. The van der Waals surface area contributed by atoms with E-state index in [2.05, 4.69) is 20.9 Å². The Morgan fingerprint density at radius 3 is 2.50 bits per heavy atom. The van der Waals surface area contributed by atoms with Gasteiger partial charge in [0, 0.05) is 11.1 Å². The first-order valence-corrected chi connectivity index (χ1v) is 6.40. The van der Waals surface area contributed by atoms with Crippen LogP contribution in [-0.2, 0) is 6.18 Å². The van der Waals surface area contributed by atoms with Gasteiger partial charge in [0.1, 0.15) is 11.4 Å². The monoisotopic (exact) mass is 366 g/mol. The van der Waals surface area contributed by atoms with E-state index in [1.807, 2.05) is 0 Å². The predicted molar refractivity (Wildman–Crippen MR) is 72.9 cm³/mol. The van der Waals surface area contributed by atoms with Crippen molar-refractivity contribution in [1.29, 1.82) is 0 Å². The molecule has 1 aromatic carbocycles. The lowest BCUT2D eigenvalue weighted by atomic mass is 10.3. The second-order valence-electron chi connectivity index (χ2n) is 3.78. The lowest BCUT2D eigenvalue weighted by Gasteiger charge is -2.12. The fraction of sp³-hybridized carbons (Fsp3) is 0.0833. The van der Waals surface area contributed by atoms with Gasteiger partial charge in [-0.1, -0.05) is 11.6 Å². The van der Waals surface area contributed by atoms with Crippen LogP contribution in [0.2, 0.25) is 5.02 Å². The number of hydrogen-bond donors (Lipinski definition) is 1. The third-order valence-corrected chi connectivity index (χ3v) is 3.15. The van der Waals surface area contributed by atoms with Gasteiger partial charge in [0.2, 0.25) is 0 Å². The molecule has 8 heteroatoms. The number of pyridine rings is 1. The van der Waals surface area contributed by atoms with Gasteiger partial charge >= 0.3 is 6.18 Å². The largest absolute Gasteiger partial charge is 0.454 e. The van der Waals surface area contributed by atoms with Crippen molar-refractivity contribution in [3.05, 3.63) is 45.7 Å². The number of benzene rings is 1. The number of hydrogen-bond acceptors (Lipinski definition) is 3. The van der Waals surface area contributed by atoms with E-state index in [0.717, 1.165) is 12.3 Å². The maximum atomic E-state index is 12.6. The third kappa shape index (κ3) is 3.34. The van der Waals surface area contributed by atoms with Gasteiger partial charge < -0.3 is 10.5 Å². The van der Waals surface area contributed by atoms with Crippen LogP contribution in [-0.4, -0.2) is 4.98 Å². The number of rotatable bonds is 2. The fourth-order valence-corrected chi connectivity index (χ4v) is 2.13. The zero-order valence-electron chi connectivity index (χ0n) is 9.71. The summed E-state index contributed by atoms with van der Waals surface area (Å²) in [6, 6.07) is 5.36. The molecule has 0 radical (unpaired) electrons. The molecule has 20 heavy (non-hydrogen) atoms. The van der Waals surface area contributed by atoms with Gasteiger partial charge in [-0.3, -0.25) is 0 Å². The number of nitrogen functional groups attached to an aromatic ring is 1. The van der Waals surface area contributed by atoms with Crippen LogP contribution in [0.1, 0.15) is 5.69 Å². The Kier molecular flexibility index (Phi) is 4.10. The van der Waals surface area contributed by atoms with E-state index < -0.39 is 11.9 Å². The first kappa shape index (κ1) is 14.9. The van der Waals surface area contributed by atoms with Crippen molar-refractivity contribution in [2.75, 3.05) is 5.73 Å². The van der Waals surface area contributed by atoms with Gasteiger partial charge in [-0.15, -0.1) is 0 Å². The quantitative estimate of drug-likeness (QED) is 0.822. The highest BCUT2D eigenvalue weighted by Crippen LogP contribution is 2.37. The smallest absolute Gasteiger partial charge is 0.433 e. The standard InChI is InChI=1S/C12H7BrClF3N2O/c13-7-3-6(14)1-2-9(7)20-10-4-11(12(15,16)17)19-5-8(10)18/h1-5H,18H2. The Hall–Kier alpha value is -1.47. The minimum atomic E-state index is -4.57. The third-order valence-electron chi connectivity index (χ3n) is 2.30. The van der Waals surface area contributed by atoms with E-state index in [4.69, 9.17) is 22.1 Å². The number of ether oxygens (including phenoxy) is 1. The van der Waals surface area contributed by atoms with Crippen LogP contribution in [0.3, 0.4) is 0 Å². The summed E-state index contributed by atoms with van der Waals surface area (Å²) in [7, 11) is 0. The molecule has 0 fully saturated rings. The highest BCUT2D eigenvalue weighted by molar-refractivity contribution is 9.10. The van der Waals surface area contributed by atoms with Crippen molar-refractivity contribution in [2.24, 2.45) is 0 Å². The molecule has 1 heterocycles. The van der Waals surface area contributed by atoms with Crippen molar-refractivity contribution < 1.29 is 17.9 Å². The molecule has 0 saturated carbocycles. The molecule has 0 aliphatic carbocycles. The van der Waals surface area contributed by atoms with Crippen LogP contribution in [0.5, 0.6) is 11.5 Å². The van der Waals surface area contributed by atoms with Gasteiger partial charge in [0.05, 0.1) is 16.4 Å². The van der Waals surface area contributed by atoms with Gasteiger partial charge in [0.25, 0.3) is 0 Å². The molecule has 2 rings (SSSR count). The molecule has 106 valence electrons.